The Kier molecular flexibility index (Phi) is 6.20. The molecule has 0 aliphatic rings. The molecule has 0 saturated carbocycles. The van der Waals surface area contributed by atoms with Crippen molar-refractivity contribution in [2.24, 2.45) is 5.41 Å². The second-order valence-electron chi connectivity index (χ2n) is 5.69. The van der Waals surface area contributed by atoms with E-state index in [0.717, 1.165) is 11.1 Å². The van der Waals surface area contributed by atoms with Crippen LogP contribution in [0.15, 0.2) is 24.3 Å². The van der Waals surface area contributed by atoms with Gasteiger partial charge in [0, 0.05) is 13.2 Å². The van der Waals surface area contributed by atoms with Crippen molar-refractivity contribution in [3.05, 3.63) is 35.4 Å². The highest BCUT2D eigenvalue weighted by molar-refractivity contribution is 5.79. The van der Waals surface area contributed by atoms with E-state index in [1.807, 2.05) is 38.1 Å². The molecule has 0 atom stereocenters. The number of nitriles is 1. The average molecular weight is 274 g/mol. The first-order valence-corrected chi connectivity index (χ1v) is 6.80. The van der Waals surface area contributed by atoms with Gasteiger partial charge in [-0.3, -0.25) is 4.79 Å². The summed E-state index contributed by atoms with van der Waals surface area (Å²) in [5.74, 6) is -0.0543. The lowest BCUT2D eigenvalue weighted by Gasteiger charge is -2.23. The molecule has 4 nitrogen and oxygen atoms in total. The molecular weight excluding hydrogens is 252 g/mol. The van der Waals surface area contributed by atoms with Gasteiger partial charge in [0.05, 0.1) is 18.9 Å². The van der Waals surface area contributed by atoms with Gasteiger partial charge >= 0.3 is 0 Å². The van der Waals surface area contributed by atoms with Gasteiger partial charge in [0.1, 0.15) is 0 Å². The van der Waals surface area contributed by atoms with Gasteiger partial charge in [-0.2, -0.15) is 5.26 Å². The Bertz CT molecular complexity index is 489. The van der Waals surface area contributed by atoms with Crippen molar-refractivity contribution >= 4 is 5.91 Å². The van der Waals surface area contributed by atoms with E-state index in [9.17, 15) is 4.79 Å². The molecule has 0 saturated heterocycles. The molecule has 4 heteroatoms. The van der Waals surface area contributed by atoms with Crippen molar-refractivity contribution in [1.29, 1.82) is 5.26 Å². The summed E-state index contributed by atoms with van der Waals surface area (Å²) < 4.78 is 0. The van der Waals surface area contributed by atoms with Crippen molar-refractivity contribution in [2.75, 3.05) is 13.2 Å². The molecule has 0 aliphatic carbocycles. The van der Waals surface area contributed by atoms with Gasteiger partial charge in [-0.15, -0.1) is 0 Å². The maximum absolute atomic E-state index is 12.0. The van der Waals surface area contributed by atoms with Gasteiger partial charge in [0.2, 0.25) is 5.91 Å². The molecule has 1 aromatic rings. The van der Waals surface area contributed by atoms with Crippen LogP contribution in [0.4, 0.5) is 0 Å². The van der Waals surface area contributed by atoms with Gasteiger partial charge in [0.25, 0.3) is 0 Å². The third-order valence-electron chi connectivity index (χ3n) is 3.29. The van der Waals surface area contributed by atoms with Crippen molar-refractivity contribution in [3.63, 3.8) is 0 Å². The lowest BCUT2D eigenvalue weighted by atomic mass is 9.89. The Hall–Kier alpha value is -1.86. The van der Waals surface area contributed by atoms with Gasteiger partial charge in [-0.1, -0.05) is 38.1 Å². The van der Waals surface area contributed by atoms with Crippen molar-refractivity contribution in [1.82, 2.24) is 5.32 Å². The lowest BCUT2D eigenvalue weighted by Crippen LogP contribution is -2.35. The topological polar surface area (TPSA) is 73.1 Å². The van der Waals surface area contributed by atoms with Crippen LogP contribution in [-0.2, 0) is 17.6 Å². The molecule has 0 unspecified atom stereocenters. The van der Waals surface area contributed by atoms with Gasteiger partial charge in [-0.25, -0.2) is 0 Å². The predicted molar refractivity (Wildman–Crippen MR) is 78.0 cm³/mol. The maximum atomic E-state index is 12.0. The number of nitrogens with zero attached hydrogens (tertiary/aromatic N) is 1. The zero-order valence-corrected chi connectivity index (χ0v) is 12.1. The normalized spacial score (nSPS) is 10.9. The van der Waals surface area contributed by atoms with Gasteiger partial charge in [-0.05, 0) is 23.0 Å². The van der Waals surface area contributed by atoms with Crippen LogP contribution in [0.5, 0.6) is 0 Å². The summed E-state index contributed by atoms with van der Waals surface area (Å²) in [6.45, 7) is 4.67. The zero-order valence-electron chi connectivity index (χ0n) is 12.1. The predicted octanol–water partition coefficient (Wildman–Crippen LogP) is 1.82. The molecule has 0 aromatic heterocycles. The Balaban J connectivity index is 2.57. The molecule has 0 radical (unpaired) electrons. The number of hydrogen-bond donors (Lipinski definition) is 2. The van der Waals surface area contributed by atoms with Crippen LogP contribution in [0.25, 0.3) is 0 Å². The fraction of sp³-hybridized carbons (Fsp3) is 0.500. The van der Waals surface area contributed by atoms with Crippen LogP contribution in [0.1, 0.15) is 31.4 Å². The van der Waals surface area contributed by atoms with Gasteiger partial charge < -0.3 is 10.4 Å². The highest BCUT2D eigenvalue weighted by atomic mass is 16.3. The number of hydrogen-bond acceptors (Lipinski definition) is 3. The number of carbonyl (C=O) groups excluding carboxylic acids is 1. The van der Waals surface area contributed by atoms with Crippen LogP contribution >= 0.6 is 0 Å². The SMILES string of the molecule is CC(C)(CCO)CNC(=O)Cc1ccccc1CC#N. The number of rotatable bonds is 7. The first kappa shape index (κ1) is 16.2. The zero-order chi connectivity index (χ0) is 15.0. The Morgan fingerprint density at radius 2 is 2.00 bits per heavy atom. The molecule has 108 valence electrons. The standard InChI is InChI=1S/C16H22N2O2/c1-16(2,8-10-19)12-18-15(20)11-14-6-4-3-5-13(14)7-9-17/h3-6,19H,7-8,10-12H2,1-2H3,(H,18,20). The van der Waals surface area contributed by atoms with Crippen LogP contribution < -0.4 is 5.32 Å². The van der Waals surface area contributed by atoms with E-state index in [1.54, 1.807) is 0 Å². The molecule has 20 heavy (non-hydrogen) atoms. The molecule has 0 aliphatic heterocycles. The van der Waals surface area contributed by atoms with E-state index >= 15 is 0 Å². The molecule has 0 fully saturated rings. The highest BCUT2D eigenvalue weighted by Crippen LogP contribution is 2.18. The molecule has 1 amide bonds. The third kappa shape index (κ3) is 5.41. The Labute approximate surface area is 120 Å². The number of amides is 1. The maximum Gasteiger partial charge on any atom is 0.224 e. The minimum Gasteiger partial charge on any atom is -0.396 e. The van der Waals surface area contributed by atoms with Crippen molar-refractivity contribution < 1.29 is 9.90 Å². The second kappa shape index (κ2) is 7.66. The number of benzene rings is 1. The molecule has 0 heterocycles. The third-order valence-corrected chi connectivity index (χ3v) is 3.29. The molecule has 1 aromatic carbocycles. The van der Waals surface area contributed by atoms with E-state index in [-0.39, 0.29) is 24.3 Å². The largest absolute Gasteiger partial charge is 0.396 e. The summed E-state index contributed by atoms with van der Waals surface area (Å²) in [7, 11) is 0. The lowest BCUT2D eigenvalue weighted by molar-refractivity contribution is -0.120. The summed E-state index contributed by atoms with van der Waals surface area (Å²) in [6.07, 6.45) is 1.25. The molecule has 2 N–H and O–H groups in total. The first-order chi connectivity index (χ1) is 9.48. The molecule has 0 bridgehead atoms. The number of aliphatic hydroxyl groups is 1. The number of aliphatic hydroxyl groups excluding tert-OH is 1. The van der Waals surface area contributed by atoms with E-state index in [0.29, 0.717) is 19.4 Å². The van der Waals surface area contributed by atoms with E-state index in [4.69, 9.17) is 10.4 Å². The van der Waals surface area contributed by atoms with Crippen LogP contribution in [-0.4, -0.2) is 24.2 Å². The summed E-state index contributed by atoms with van der Waals surface area (Å²) in [5, 5.41) is 20.6. The summed E-state index contributed by atoms with van der Waals surface area (Å²) >= 11 is 0. The van der Waals surface area contributed by atoms with E-state index in [1.165, 1.54) is 0 Å². The molecule has 1 rings (SSSR count). The first-order valence-electron chi connectivity index (χ1n) is 6.80. The second-order valence-corrected chi connectivity index (χ2v) is 5.69. The van der Waals surface area contributed by atoms with Gasteiger partial charge in [0.15, 0.2) is 0 Å². The molecular formula is C16H22N2O2. The minimum atomic E-state index is -0.115. The Morgan fingerprint density at radius 3 is 2.60 bits per heavy atom. The quantitative estimate of drug-likeness (QED) is 0.796. The smallest absolute Gasteiger partial charge is 0.224 e. The summed E-state index contributed by atoms with van der Waals surface area (Å²) in [4.78, 5) is 12.0. The number of carbonyl (C=O) groups is 1. The average Bonchev–Trinajstić information content (AvgIpc) is 2.39. The van der Waals surface area contributed by atoms with Crippen LogP contribution in [0, 0.1) is 16.7 Å². The van der Waals surface area contributed by atoms with Crippen LogP contribution in [0.3, 0.4) is 0 Å². The minimum absolute atomic E-state index is 0.0543. The summed E-state index contributed by atoms with van der Waals surface area (Å²) in [6, 6.07) is 9.62. The number of nitrogens with one attached hydrogen (secondary N) is 1. The van der Waals surface area contributed by atoms with E-state index < -0.39 is 0 Å². The van der Waals surface area contributed by atoms with Crippen molar-refractivity contribution in [2.45, 2.75) is 33.1 Å². The van der Waals surface area contributed by atoms with Crippen molar-refractivity contribution in [3.8, 4) is 6.07 Å². The Morgan fingerprint density at radius 1 is 1.35 bits per heavy atom. The fourth-order valence-electron chi connectivity index (χ4n) is 1.95. The fourth-order valence-corrected chi connectivity index (χ4v) is 1.95. The van der Waals surface area contributed by atoms with E-state index in [2.05, 4.69) is 11.4 Å². The molecule has 0 spiro atoms. The highest BCUT2D eigenvalue weighted by Gasteiger charge is 2.18. The van der Waals surface area contributed by atoms with Crippen LogP contribution in [0.2, 0.25) is 0 Å². The monoisotopic (exact) mass is 274 g/mol. The summed E-state index contributed by atoms with van der Waals surface area (Å²) in [5.41, 5.74) is 1.68.